The molecule has 0 spiro atoms. The van der Waals surface area contributed by atoms with Crippen LogP contribution in [0, 0.1) is 3.57 Å². The Labute approximate surface area is 129 Å². The van der Waals surface area contributed by atoms with Crippen molar-refractivity contribution in [3.8, 4) is 23.0 Å². The van der Waals surface area contributed by atoms with Crippen molar-refractivity contribution in [3.63, 3.8) is 0 Å². The average Bonchev–Trinajstić information content (AvgIpc) is 2.43. The molecular formula is C12H13IN4O3. The number of hydrogen-bond acceptors (Lipinski definition) is 7. The fraction of sp³-hybridized carbons (Fsp3) is 0.167. The number of halogens is 1. The van der Waals surface area contributed by atoms with Gasteiger partial charge < -0.3 is 25.7 Å². The van der Waals surface area contributed by atoms with Crippen LogP contribution in [-0.2, 0) is 0 Å². The summed E-state index contributed by atoms with van der Waals surface area (Å²) in [6.07, 6.45) is 1.42. The van der Waals surface area contributed by atoms with E-state index >= 15 is 0 Å². The van der Waals surface area contributed by atoms with Crippen LogP contribution in [0.2, 0.25) is 0 Å². The van der Waals surface area contributed by atoms with E-state index in [1.165, 1.54) is 6.20 Å². The smallest absolute Gasteiger partial charge is 0.222 e. The fourth-order valence-electron chi connectivity index (χ4n) is 1.51. The molecule has 0 unspecified atom stereocenters. The van der Waals surface area contributed by atoms with Gasteiger partial charge in [-0.25, -0.2) is 4.98 Å². The first-order chi connectivity index (χ1) is 9.55. The first-order valence-electron chi connectivity index (χ1n) is 5.52. The average molecular weight is 388 g/mol. The molecule has 0 radical (unpaired) electrons. The molecule has 7 nitrogen and oxygen atoms in total. The van der Waals surface area contributed by atoms with Gasteiger partial charge >= 0.3 is 0 Å². The number of nitrogens with two attached hydrogens (primary N) is 2. The lowest BCUT2D eigenvalue weighted by Gasteiger charge is -2.13. The van der Waals surface area contributed by atoms with E-state index in [0.29, 0.717) is 23.0 Å². The minimum Gasteiger partial charge on any atom is -0.493 e. The highest BCUT2D eigenvalue weighted by Crippen LogP contribution is 2.38. The van der Waals surface area contributed by atoms with Gasteiger partial charge in [0.15, 0.2) is 23.1 Å². The van der Waals surface area contributed by atoms with Gasteiger partial charge in [0.2, 0.25) is 5.95 Å². The zero-order chi connectivity index (χ0) is 14.7. The summed E-state index contributed by atoms with van der Waals surface area (Å²) in [5.41, 5.74) is 11.2. The zero-order valence-electron chi connectivity index (χ0n) is 10.9. The van der Waals surface area contributed by atoms with Crippen LogP contribution in [0.4, 0.5) is 11.8 Å². The van der Waals surface area contributed by atoms with Crippen LogP contribution in [0.25, 0.3) is 0 Å². The van der Waals surface area contributed by atoms with E-state index in [1.807, 2.05) is 0 Å². The second-order valence-electron chi connectivity index (χ2n) is 3.72. The highest BCUT2D eigenvalue weighted by molar-refractivity contribution is 14.1. The molecule has 106 valence electrons. The normalized spacial score (nSPS) is 10.2. The van der Waals surface area contributed by atoms with Crippen LogP contribution in [0.1, 0.15) is 0 Å². The molecule has 20 heavy (non-hydrogen) atoms. The van der Waals surface area contributed by atoms with Crippen LogP contribution in [0.5, 0.6) is 23.0 Å². The van der Waals surface area contributed by atoms with E-state index in [2.05, 4.69) is 32.6 Å². The molecule has 0 aliphatic carbocycles. The number of nitrogen functional groups attached to an aromatic ring is 2. The maximum Gasteiger partial charge on any atom is 0.222 e. The predicted octanol–water partition coefficient (Wildman–Crippen LogP) is 2.06. The van der Waals surface area contributed by atoms with E-state index in [-0.39, 0.29) is 11.8 Å². The van der Waals surface area contributed by atoms with Crippen LogP contribution in [0.15, 0.2) is 18.3 Å². The monoisotopic (exact) mass is 388 g/mol. The molecule has 0 aliphatic heterocycles. The second kappa shape index (κ2) is 5.99. The Morgan fingerprint density at radius 2 is 1.65 bits per heavy atom. The molecule has 1 aromatic heterocycles. The Bertz CT molecular complexity index is 636. The Hall–Kier alpha value is -1.97. The molecule has 0 amide bonds. The molecule has 0 saturated carbocycles. The SMILES string of the molecule is COc1cc(I)c(Oc2cnc(N)nc2N)cc1OC. The van der Waals surface area contributed by atoms with Crippen molar-refractivity contribution in [2.75, 3.05) is 25.7 Å². The summed E-state index contributed by atoms with van der Waals surface area (Å²) >= 11 is 2.12. The molecule has 0 bridgehead atoms. The first kappa shape index (κ1) is 14.4. The summed E-state index contributed by atoms with van der Waals surface area (Å²) in [6.45, 7) is 0. The zero-order valence-corrected chi connectivity index (χ0v) is 13.0. The Kier molecular flexibility index (Phi) is 4.32. The molecule has 2 rings (SSSR count). The maximum atomic E-state index is 5.73. The molecule has 0 aliphatic rings. The van der Waals surface area contributed by atoms with Crippen molar-refractivity contribution in [1.29, 1.82) is 0 Å². The summed E-state index contributed by atoms with van der Waals surface area (Å²) in [7, 11) is 3.12. The topological polar surface area (TPSA) is 106 Å². The Morgan fingerprint density at radius 1 is 1.00 bits per heavy atom. The number of hydrogen-bond donors (Lipinski definition) is 2. The quantitative estimate of drug-likeness (QED) is 0.773. The van der Waals surface area contributed by atoms with Crippen LogP contribution >= 0.6 is 22.6 Å². The van der Waals surface area contributed by atoms with E-state index < -0.39 is 0 Å². The largest absolute Gasteiger partial charge is 0.493 e. The molecule has 4 N–H and O–H groups in total. The molecule has 0 atom stereocenters. The standard InChI is InChI=1S/C12H13IN4O3/c1-18-8-3-6(13)7(4-9(8)19-2)20-10-5-16-12(15)17-11(10)14/h3-5H,1-2H3,(H4,14,15,16,17). The van der Waals surface area contributed by atoms with Gasteiger partial charge in [0.05, 0.1) is 24.0 Å². The van der Waals surface area contributed by atoms with Crippen molar-refractivity contribution < 1.29 is 14.2 Å². The van der Waals surface area contributed by atoms with E-state index in [9.17, 15) is 0 Å². The molecular weight excluding hydrogens is 375 g/mol. The van der Waals surface area contributed by atoms with Gasteiger partial charge in [-0.2, -0.15) is 4.98 Å². The number of ether oxygens (including phenoxy) is 3. The molecule has 0 saturated heterocycles. The predicted molar refractivity (Wildman–Crippen MR) is 83.2 cm³/mol. The summed E-state index contributed by atoms with van der Waals surface area (Å²) in [5, 5.41) is 0. The van der Waals surface area contributed by atoms with Gasteiger partial charge in [-0.15, -0.1) is 0 Å². The maximum absolute atomic E-state index is 5.73. The molecule has 0 fully saturated rings. The summed E-state index contributed by atoms with van der Waals surface area (Å²) in [5.74, 6) is 2.32. The van der Waals surface area contributed by atoms with Gasteiger partial charge in [-0.05, 0) is 22.6 Å². The Morgan fingerprint density at radius 3 is 2.25 bits per heavy atom. The summed E-state index contributed by atoms with van der Waals surface area (Å²) in [6, 6.07) is 3.50. The molecule has 1 aromatic carbocycles. The number of methoxy groups -OCH3 is 2. The van der Waals surface area contributed by atoms with Gasteiger partial charge in [0.25, 0.3) is 0 Å². The van der Waals surface area contributed by atoms with Crippen LogP contribution in [-0.4, -0.2) is 24.2 Å². The number of benzene rings is 1. The number of aromatic nitrogens is 2. The second-order valence-corrected chi connectivity index (χ2v) is 4.88. The van der Waals surface area contributed by atoms with Crippen LogP contribution in [0.3, 0.4) is 0 Å². The number of rotatable bonds is 4. The van der Waals surface area contributed by atoms with E-state index in [1.54, 1.807) is 26.4 Å². The lowest BCUT2D eigenvalue weighted by Crippen LogP contribution is -2.02. The minimum atomic E-state index is 0.0943. The summed E-state index contributed by atoms with van der Waals surface area (Å²) < 4.78 is 17.0. The number of nitrogens with zero attached hydrogens (tertiary/aromatic N) is 2. The van der Waals surface area contributed by atoms with E-state index in [0.717, 1.165) is 3.57 Å². The van der Waals surface area contributed by atoms with Crippen molar-refractivity contribution in [2.24, 2.45) is 0 Å². The highest BCUT2D eigenvalue weighted by atomic mass is 127. The first-order valence-corrected chi connectivity index (χ1v) is 6.60. The third-order valence-electron chi connectivity index (χ3n) is 2.46. The van der Waals surface area contributed by atoms with Crippen molar-refractivity contribution in [3.05, 3.63) is 21.9 Å². The number of anilines is 2. The van der Waals surface area contributed by atoms with Crippen molar-refractivity contribution in [1.82, 2.24) is 9.97 Å². The van der Waals surface area contributed by atoms with Gasteiger partial charge in [-0.3, -0.25) is 0 Å². The minimum absolute atomic E-state index is 0.0943. The molecule has 2 aromatic rings. The molecule has 8 heteroatoms. The third-order valence-corrected chi connectivity index (χ3v) is 3.30. The lowest BCUT2D eigenvalue weighted by atomic mass is 10.3. The fourth-order valence-corrected chi connectivity index (χ4v) is 2.06. The summed E-state index contributed by atoms with van der Waals surface area (Å²) in [4.78, 5) is 7.68. The Balaban J connectivity index is 2.38. The third kappa shape index (κ3) is 2.95. The van der Waals surface area contributed by atoms with E-state index in [4.69, 9.17) is 25.7 Å². The molecule has 1 heterocycles. The van der Waals surface area contributed by atoms with Crippen LogP contribution < -0.4 is 25.7 Å². The van der Waals surface area contributed by atoms with Gasteiger partial charge in [0, 0.05) is 12.1 Å². The van der Waals surface area contributed by atoms with Gasteiger partial charge in [-0.1, -0.05) is 0 Å². The van der Waals surface area contributed by atoms with Crippen molar-refractivity contribution >= 4 is 34.4 Å². The van der Waals surface area contributed by atoms with Crippen molar-refractivity contribution in [2.45, 2.75) is 0 Å². The lowest BCUT2D eigenvalue weighted by molar-refractivity contribution is 0.351. The van der Waals surface area contributed by atoms with Gasteiger partial charge in [0.1, 0.15) is 5.75 Å². The highest BCUT2D eigenvalue weighted by Gasteiger charge is 2.13.